The molecule has 1 aromatic rings. The number of aliphatic hydroxyl groups excluding tert-OH is 1. The van der Waals surface area contributed by atoms with Crippen molar-refractivity contribution in [3.63, 3.8) is 0 Å². The van der Waals surface area contributed by atoms with E-state index in [0.29, 0.717) is 0 Å². The Labute approximate surface area is 77.5 Å². The van der Waals surface area contributed by atoms with Crippen LogP contribution in [0.4, 0.5) is 0 Å². The molecule has 0 saturated heterocycles. The van der Waals surface area contributed by atoms with E-state index in [4.69, 9.17) is 5.11 Å². The van der Waals surface area contributed by atoms with E-state index in [0.717, 1.165) is 11.4 Å². The first-order valence-electron chi connectivity index (χ1n) is 3.97. The maximum atomic E-state index is 8.91. The molecular weight excluding hydrogens is 170 g/mol. The maximum absolute atomic E-state index is 8.91. The first kappa shape index (κ1) is 9.71. The molecule has 0 fully saturated rings. The highest BCUT2D eigenvalue weighted by molar-refractivity contribution is 7.12. The van der Waals surface area contributed by atoms with Crippen molar-refractivity contribution in [2.45, 2.75) is 20.1 Å². The lowest BCUT2D eigenvalue weighted by Crippen LogP contribution is -2.09. The van der Waals surface area contributed by atoms with E-state index in [9.17, 15) is 0 Å². The van der Waals surface area contributed by atoms with Gasteiger partial charge in [0, 0.05) is 16.3 Å². The van der Waals surface area contributed by atoms with Gasteiger partial charge in [-0.25, -0.2) is 0 Å². The average Bonchev–Trinajstić information content (AvgIpc) is 2.31. The summed E-state index contributed by atoms with van der Waals surface area (Å²) in [5.41, 5.74) is 1.29. The van der Waals surface area contributed by atoms with Gasteiger partial charge in [-0.2, -0.15) is 0 Å². The van der Waals surface area contributed by atoms with Crippen molar-refractivity contribution in [2.24, 2.45) is 0 Å². The number of aliphatic hydroxyl groups is 1. The zero-order valence-corrected chi connectivity index (χ0v) is 8.61. The molecule has 0 amide bonds. The first-order valence-corrected chi connectivity index (χ1v) is 4.79. The Balaban J connectivity index is 2.77. The number of hydrogen-bond acceptors (Lipinski definition) is 3. The van der Waals surface area contributed by atoms with Crippen LogP contribution in [0.1, 0.15) is 15.3 Å². The molecule has 1 rings (SSSR count). The zero-order chi connectivity index (χ0) is 9.14. The fraction of sp³-hybridized carbons (Fsp3) is 0.556. The molecule has 0 radical (unpaired) electrons. The number of hydrogen-bond donors (Lipinski definition) is 1. The van der Waals surface area contributed by atoms with Crippen LogP contribution in [-0.2, 0) is 13.2 Å². The Morgan fingerprint density at radius 1 is 1.50 bits per heavy atom. The van der Waals surface area contributed by atoms with Gasteiger partial charge in [-0.15, -0.1) is 11.3 Å². The fourth-order valence-electron chi connectivity index (χ4n) is 1.11. The molecule has 2 nitrogen and oxygen atoms in total. The molecule has 0 bridgehead atoms. The van der Waals surface area contributed by atoms with Crippen LogP contribution in [0.5, 0.6) is 0 Å². The van der Waals surface area contributed by atoms with Crippen molar-refractivity contribution in [3.05, 3.63) is 21.4 Å². The average molecular weight is 185 g/mol. The van der Waals surface area contributed by atoms with Crippen LogP contribution >= 0.6 is 11.3 Å². The normalized spacial score (nSPS) is 11.1. The van der Waals surface area contributed by atoms with E-state index in [-0.39, 0.29) is 6.61 Å². The van der Waals surface area contributed by atoms with Gasteiger partial charge in [0.1, 0.15) is 0 Å². The van der Waals surface area contributed by atoms with Gasteiger partial charge in [0.25, 0.3) is 0 Å². The molecule has 0 atom stereocenters. The van der Waals surface area contributed by atoms with Gasteiger partial charge in [-0.1, -0.05) is 0 Å². The summed E-state index contributed by atoms with van der Waals surface area (Å²) in [6.45, 7) is 3.23. The highest BCUT2D eigenvalue weighted by Crippen LogP contribution is 2.22. The Hall–Kier alpha value is -0.380. The third-order valence-electron chi connectivity index (χ3n) is 1.69. The predicted octanol–water partition coefficient (Wildman–Crippen LogP) is 1.61. The molecule has 0 aliphatic rings. The summed E-state index contributed by atoms with van der Waals surface area (Å²) in [5, 5.41) is 8.91. The summed E-state index contributed by atoms with van der Waals surface area (Å²) in [4.78, 5) is 4.55. The molecule has 0 saturated carbocycles. The van der Waals surface area contributed by atoms with Crippen molar-refractivity contribution in [2.75, 3.05) is 14.1 Å². The van der Waals surface area contributed by atoms with E-state index in [1.54, 1.807) is 11.3 Å². The molecule has 1 heterocycles. The standard InChI is InChI=1S/C9H15NOS/c1-7-4-8(6-11)12-9(7)5-10(2)3/h4,11H,5-6H2,1-3H3. The minimum atomic E-state index is 0.166. The second-order valence-electron chi connectivity index (χ2n) is 3.21. The third-order valence-corrected chi connectivity index (χ3v) is 2.89. The molecule has 12 heavy (non-hydrogen) atoms. The summed E-state index contributed by atoms with van der Waals surface area (Å²) in [7, 11) is 4.11. The summed E-state index contributed by atoms with van der Waals surface area (Å²) >= 11 is 1.70. The van der Waals surface area contributed by atoms with Gasteiger partial charge in [0.05, 0.1) is 6.61 Å². The molecule has 0 aromatic carbocycles. The van der Waals surface area contributed by atoms with Crippen LogP contribution in [0.3, 0.4) is 0 Å². The Morgan fingerprint density at radius 2 is 2.17 bits per heavy atom. The molecule has 1 N–H and O–H groups in total. The molecule has 0 aliphatic heterocycles. The molecule has 68 valence electrons. The van der Waals surface area contributed by atoms with E-state index in [1.807, 2.05) is 0 Å². The minimum absolute atomic E-state index is 0.166. The van der Waals surface area contributed by atoms with Gasteiger partial charge in [0.2, 0.25) is 0 Å². The minimum Gasteiger partial charge on any atom is -0.391 e. The van der Waals surface area contributed by atoms with Gasteiger partial charge in [0.15, 0.2) is 0 Å². The van der Waals surface area contributed by atoms with Crippen LogP contribution < -0.4 is 0 Å². The van der Waals surface area contributed by atoms with Crippen LogP contribution in [0.15, 0.2) is 6.07 Å². The molecule has 0 aliphatic carbocycles. The number of aryl methyl sites for hydroxylation is 1. The van der Waals surface area contributed by atoms with Crippen molar-refractivity contribution < 1.29 is 5.11 Å². The van der Waals surface area contributed by atoms with Crippen LogP contribution in [0.25, 0.3) is 0 Å². The summed E-state index contributed by atoms with van der Waals surface area (Å²) in [6.07, 6.45) is 0. The Morgan fingerprint density at radius 3 is 2.58 bits per heavy atom. The van der Waals surface area contributed by atoms with Gasteiger partial charge >= 0.3 is 0 Å². The molecule has 3 heteroatoms. The smallest absolute Gasteiger partial charge is 0.0774 e. The fourth-order valence-corrected chi connectivity index (χ4v) is 2.27. The quantitative estimate of drug-likeness (QED) is 0.773. The van der Waals surface area contributed by atoms with E-state index < -0.39 is 0 Å². The van der Waals surface area contributed by atoms with Crippen molar-refractivity contribution >= 4 is 11.3 Å². The zero-order valence-electron chi connectivity index (χ0n) is 7.79. The Kier molecular flexibility index (Phi) is 3.26. The van der Waals surface area contributed by atoms with E-state index in [2.05, 4.69) is 32.0 Å². The summed E-state index contributed by atoms with van der Waals surface area (Å²) in [5.74, 6) is 0. The molecule has 1 aromatic heterocycles. The largest absolute Gasteiger partial charge is 0.391 e. The van der Waals surface area contributed by atoms with Crippen LogP contribution in [-0.4, -0.2) is 24.1 Å². The second-order valence-corrected chi connectivity index (χ2v) is 4.44. The molecule has 0 unspecified atom stereocenters. The van der Waals surface area contributed by atoms with Crippen LogP contribution in [0, 0.1) is 6.92 Å². The van der Waals surface area contributed by atoms with Gasteiger partial charge < -0.3 is 10.0 Å². The predicted molar refractivity (Wildman–Crippen MR) is 52.4 cm³/mol. The van der Waals surface area contributed by atoms with Gasteiger partial charge in [-0.3, -0.25) is 0 Å². The number of rotatable bonds is 3. The van der Waals surface area contributed by atoms with E-state index in [1.165, 1.54) is 10.4 Å². The lowest BCUT2D eigenvalue weighted by atomic mass is 10.2. The summed E-state index contributed by atoms with van der Waals surface area (Å²) in [6, 6.07) is 2.06. The summed E-state index contributed by atoms with van der Waals surface area (Å²) < 4.78 is 0. The number of thiophene rings is 1. The van der Waals surface area contributed by atoms with E-state index >= 15 is 0 Å². The lowest BCUT2D eigenvalue weighted by molar-refractivity contribution is 0.285. The van der Waals surface area contributed by atoms with Crippen LogP contribution in [0.2, 0.25) is 0 Å². The SMILES string of the molecule is Cc1cc(CO)sc1CN(C)C. The van der Waals surface area contributed by atoms with Crippen molar-refractivity contribution in [1.82, 2.24) is 4.90 Å². The topological polar surface area (TPSA) is 23.5 Å². The highest BCUT2D eigenvalue weighted by atomic mass is 32.1. The number of nitrogens with zero attached hydrogens (tertiary/aromatic N) is 1. The first-order chi connectivity index (χ1) is 5.63. The van der Waals surface area contributed by atoms with Crippen molar-refractivity contribution in [1.29, 1.82) is 0 Å². The lowest BCUT2D eigenvalue weighted by Gasteiger charge is -2.07. The highest BCUT2D eigenvalue weighted by Gasteiger charge is 2.04. The second kappa shape index (κ2) is 4.03. The maximum Gasteiger partial charge on any atom is 0.0774 e. The van der Waals surface area contributed by atoms with Crippen molar-refractivity contribution in [3.8, 4) is 0 Å². The third kappa shape index (κ3) is 2.30. The molecular formula is C9H15NOS. The van der Waals surface area contributed by atoms with Gasteiger partial charge in [-0.05, 0) is 32.6 Å². The monoisotopic (exact) mass is 185 g/mol. The Bertz CT molecular complexity index is 255. The molecule has 0 spiro atoms.